The van der Waals surface area contributed by atoms with Crippen molar-refractivity contribution in [2.75, 3.05) is 0 Å². The van der Waals surface area contributed by atoms with Gasteiger partial charge in [0.05, 0.1) is 0 Å². The summed E-state index contributed by atoms with van der Waals surface area (Å²) in [6.45, 7) is 15.1. The Kier molecular flexibility index (Phi) is 9.13. The fourth-order valence-corrected chi connectivity index (χ4v) is 2.41. The van der Waals surface area contributed by atoms with E-state index in [0.717, 1.165) is 17.2 Å². The van der Waals surface area contributed by atoms with Gasteiger partial charge in [0.15, 0.2) is 0 Å². The molecule has 1 heterocycles. The number of hydrogen-bond acceptors (Lipinski definition) is 2. The molecule has 3 nitrogen and oxygen atoms in total. The summed E-state index contributed by atoms with van der Waals surface area (Å²) in [6, 6.07) is 0. The number of aryl methyl sites for hydroxylation is 1. The summed E-state index contributed by atoms with van der Waals surface area (Å²) in [7, 11) is 0. The van der Waals surface area contributed by atoms with E-state index in [1.54, 1.807) is 17.6 Å². The summed E-state index contributed by atoms with van der Waals surface area (Å²) in [4.78, 5) is 17.0. The van der Waals surface area contributed by atoms with Crippen molar-refractivity contribution in [3.05, 3.63) is 53.1 Å². The Morgan fingerprint density at radius 3 is 2.60 bits per heavy atom. The van der Waals surface area contributed by atoms with Crippen LogP contribution >= 0.6 is 0 Å². The van der Waals surface area contributed by atoms with Gasteiger partial charge in [-0.2, -0.15) is 0 Å². The zero-order valence-electron chi connectivity index (χ0n) is 12.1. The van der Waals surface area contributed by atoms with Gasteiger partial charge in [-0.15, -0.1) is 0 Å². The van der Waals surface area contributed by atoms with Gasteiger partial charge in [0.25, 0.3) is 0 Å². The Labute approximate surface area is 156 Å². The van der Waals surface area contributed by atoms with Crippen molar-refractivity contribution in [1.82, 2.24) is 9.55 Å². The molecule has 1 rings (SSSR count). The van der Waals surface area contributed by atoms with E-state index >= 15 is 0 Å². The van der Waals surface area contributed by atoms with Crippen LogP contribution in [0.15, 0.2) is 16.9 Å². The Morgan fingerprint density at radius 1 is 1.55 bits per heavy atom. The molecule has 1 aromatic rings. The Morgan fingerprint density at radius 2 is 2.15 bits per heavy atom. The van der Waals surface area contributed by atoms with Crippen molar-refractivity contribution >= 4 is 10.1 Å². The molecule has 0 fully saturated rings. The summed E-state index contributed by atoms with van der Waals surface area (Å²) < 4.78 is 3.57. The fourth-order valence-electron chi connectivity index (χ4n) is 1.75. The van der Waals surface area contributed by atoms with Crippen molar-refractivity contribution in [3.8, 4) is 0 Å². The first kappa shape index (κ1) is 20.0. The Balaban J connectivity index is 0.00000361. The maximum atomic E-state index is 12.5. The van der Waals surface area contributed by atoms with Gasteiger partial charge in [0.2, 0.25) is 0 Å². The number of allylic oxidation sites excluding steroid dienone is 3. The fraction of sp³-hybridized carbons (Fsp3) is 0.333. The molecule has 0 aromatic carbocycles. The molecular formula is C15H18N2OWY-2. The number of rotatable bonds is 5. The van der Waals surface area contributed by atoms with E-state index < -0.39 is 0 Å². The second-order valence-electron chi connectivity index (χ2n) is 4.59. The molecule has 0 bridgehead atoms. The van der Waals surface area contributed by atoms with E-state index in [2.05, 4.69) is 11.9 Å². The van der Waals surface area contributed by atoms with Crippen LogP contribution in [0.3, 0.4) is 0 Å². The van der Waals surface area contributed by atoms with Crippen molar-refractivity contribution < 1.29 is 52.1 Å². The van der Waals surface area contributed by atoms with Gasteiger partial charge in [-0.3, -0.25) is 0 Å². The third kappa shape index (κ3) is 4.79. The second-order valence-corrected chi connectivity index (χ2v) is 5.44. The molecule has 0 saturated carbocycles. The Hall–Kier alpha value is 0.0222. The largest absolute Gasteiger partial charge is 0 e. The molecule has 0 N–H and O–H groups in total. The van der Waals surface area contributed by atoms with Crippen LogP contribution in [-0.2, 0) is 58.5 Å². The van der Waals surface area contributed by atoms with Crippen molar-refractivity contribution in [2.45, 2.75) is 27.2 Å². The molecule has 0 unspecified atom stereocenters. The minimum absolute atomic E-state index is 0. The van der Waals surface area contributed by atoms with Crippen LogP contribution in [-0.4, -0.2) is 14.0 Å². The van der Waals surface area contributed by atoms with Crippen LogP contribution in [0.25, 0.3) is 5.70 Å². The summed E-state index contributed by atoms with van der Waals surface area (Å²) in [5.41, 5.74) is 2.18. The predicted octanol–water partition coefficient (Wildman–Crippen LogP) is 2.05. The molecule has 0 spiro atoms. The molecule has 1 radical (unpaired) electrons. The quantitative estimate of drug-likeness (QED) is 0.445. The maximum absolute atomic E-state index is 12.5. The topological polar surface area (TPSA) is 34.9 Å². The molecule has 1 atom stereocenters. The van der Waals surface area contributed by atoms with Crippen LogP contribution in [0, 0.1) is 33.3 Å². The first-order chi connectivity index (χ1) is 8.92. The van der Waals surface area contributed by atoms with Crippen LogP contribution in [0.1, 0.15) is 24.0 Å². The summed E-state index contributed by atoms with van der Waals surface area (Å²) in [5.74, 6) is 0.925. The molecule has 105 valence electrons. The smallest absolute Gasteiger partial charge is 0 e. The number of hydrogen-bond donors (Lipinski definition) is 0. The van der Waals surface area contributed by atoms with Gasteiger partial charge in [-0.05, 0) is 0 Å². The van der Waals surface area contributed by atoms with E-state index in [9.17, 15) is 4.79 Å². The molecule has 0 aliphatic rings. The third-order valence-electron chi connectivity index (χ3n) is 2.80. The van der Waals surface area contributed by atoms with Gasteiger partial charge in [0.1, 0.15) is 0 Å². The van der Waals surface area contributed by atoms with E-state index in [0.29, 0.717) is 12.0 Å². The summed E-state index contributed by atoms with van der Waals surface area (Å²) in [5, 5.41) is 0. The van der Waals surface area contributed by atoms with Crippen molar-refractivity contribution in [3.63, 3.8) is 0 Å². The molecular weight excluding hydrogens is 497 g/mol. The third-order valence-corrected chi connectivity index (χ3v) is 3.67. The van der Waals surface area contributed by atoms with E-state index in [4.69, 9.17) is 6.58 Å². The second kappa shape index (κ2) is 9.12. The number of nitrogens with zero attached hydrogens (tertiary/aromatic N) is 2. The van der Waals surface area contributed by atoms with Gasteiger partial charge < -0.3 is 0 Å². The molecule has 0 saturated heterocycles. The van der Waals surface area contributed by atoms with Gasteiger partial charge >= 0.3 is 125 Å². The molecule has 0 aliphatic carbocycles. The van der Waals surface area contributed by atoms with E-state index in [1.165, 1.54) is 25.4 Å². The summed E-state index contributed by atoms with van der Waals surface area (Å²) >= 11 is 1.25. The van der Waals surface area contributed by atoms with E-state index in [1.807, 2.05) is 18.2 Å². The van der Waals surface area contributed by atoms with Crippen LogP contribution < -0.4 is 5.56 Å². The van der Waals surface area contributed by atoms with Gasteiger partial charge in [0, 0.05) is 32.7 Å². The molecule has 0 aliphatic heterocycles. The zero-order valence-corrected chi connectivity index (χ0v) is 17.9. The molecule has 1 aromatic heterocycles. The van der Waals surface area contributed by atoms with Crippen molar-refractivity contribution in [1.29, 1.82) is 0 Å². The normalized spacial score (nSPS) is 12.5. The van der Waals surface area contributed by atoms with Crippen LogP contribution in [0.5, 0.6) is 0 Å². The standard InChI is InChI=1S/C15H18N2O.W.Y/c1-7-8-11(4)17-14(9-10(2)3)16-13(6)12(5)15(17)18;;/h1,4,7-8,10H,2,9H2,3,5-6H3;;/q-2;;/b11-8+;;/t10-;;/m1../s1. The average molecular weight is 515 g/mol. The molecule has 20 heavy (non-hydrogen) atoms. The average Bonchev–Trinajstić information content (AvgIpc) is 2.34. The predicted molar refractivity (Wildman–Crippen MR) is 75.4 cm³/mol. The van der Waals surface area contributed by atoms with Crippen LogP contribution in [0.2, 0.25) is 0 Å². The number of aromatic nitrogens is 2. The van der Waals surface area contributed by atoms with Crippen LogP contribution in [0.4, 0.5) is 0 Å². The molecule has 5 heteroatoms. The van der Waals surface area contributed by atoms with Gasteiger partial charge in [-0.25, -0.2) is 0 Å². The minimum Gasteiger partial charge on any atom is 0 e. The SMILES string of the molecule is [CH-]=C/C=C(\[CH]=[W])n1c(C[C@H]([CH2-])C)nc(C)c(C)c1=O.[Y]. The monoisotopic (exact) mass is 515 g/mol. The first-order valence-corrected chi connectivity index (χ1v) is 7.74. The summed E-state index contributed by atoms with van der Waals surface area (Å²) in [6.07, 6.45) is 3.82. The van der Waals surface area contributed by atoms with Gasteiger partial charge in [-0.1, -0.05) is 0 Å². The van der Waals surface area contributed by atoms with E-state index in [-0.39, 0.29) is 44.2 Å². The first-order valence-electron chi connectivity index (χ1n) is 6.05. The Bertz CT molecular complexity index is 588. The minimum atomic E-state index is -0.0336. The zero-order chi connectivity index (χ0) is 14.6. The van der Waals surface area contributed by atoms with Crippen molar-refractivity contribution in [2.24, 2.45) is 5.92 Å². The molecule has 0 amide bonds. The maximum Gasteiger partial charge on any atom is 0 e.